The lowest BCUT2D eigenvalue weighted by atomic mass is 10.2. The highest BCUT2D eigenvalue weighted by Crippen LogP contribution is 2.21. The molecule has 0 aromatic heterocycles. The van der Waals surface area contributed by atoms with Crippen LogP contribution in [0.4, 0.5) is 0 Å². The molecule has 2 aromatic rings. The third-order valence-corrected chi connectivity index (χ3v) is 6.98. The summed E-state index contributed by atoms with van der Waals surface area (Å²) in [4.78, 5) is 24.6. The van der Waals surface area contributed by atoms with E-state index in [-0.39, 0.29) is 28.0 Å². The largest absolute Gasteiger partial charge is 0.508 e. The van der Waals surface area contributed by atoms with Gasteiger partial charge in [0.05, 0.1) is 4.90 Å². The van der Waals surface area contributed by atoms with E-state index >= 15 is 0 Å². The van der Waals surface area contributed by atoms with E-state index in [1.165, 1.54) is 28.6 Å². The zero-order valence-electron chi connectivity index (χ0n) is 17.2. The maximum atomic E-state index is 12.8. The van der Waals surface area contributed by atoms with Crippen molar-refractivity contribution in [3.05, 3.63) is 59.7 Å². The van der Waals surface area contributed by atoms with Crippen LogP contribution in [0.25, 0.3) is 0 Å². The second kappa shape index (κ2) is 10.4. The predicted molar refractivity (Wildman–Crippen MR) is 116 cm³/mol. The van der Waals surface area contributed by atoms with Gasteiger partial charge in [-0.25, -0.2) is 8.42 Å². The van der Waals surface area contributed by atoms with Crippen LogP contribution in [-0.4, -0.2) is 55.8 Å². The van der Waals surface area contributed by atoms with Crippen molar-refractivity contribution in [2.75, 3.05) is 26.2 Å². The molecule has 0 atom stereocenters. The lowest BCUT2D eigenvalue weighted by Gasteiger charge is -2.26. The van der Waals surface area contributed by atoms with Gasteiger partial charge in [0, 0.05) is 37.3 Å². The summed E-state index contributed by atoms with van der Waals surface area (Å²) in [5, 5.41) is 14.9. The second-order valence-corrected chi connectivity index (χ2v) is 9.35. The topological polar surface area (TPSA) is 116 Å². The van der Waals surface area contributed by atoms with Crippen molar-refractivity contribution in [3.8, 4) is 5.75 Å². The van der Waals surface area contributed by atoms with Crippen LogP contribution in [0.2, 0.25) is 0 Å². The molecule has 0 saturated carbocycles. The van der Waals surface area contributed by atoms with Gasteiger partial charge in [0.2, 0.25) is 10.0 Å². The first-order valence-electron chi connectivity index (χ1n) is 10.3. The summed E-state index contributed by atoms with van der Waals surface area (Å²) in [6, 6.07) is 12.1. The minimum absolute atomic E-state index is 0.0180. The van der Waals surface area contributed by atoms with Gasteiger partial charge in [-0.05, 0) is 55.7 Å². The molecule has 9 heteroatoms. The molecule has 2 aromatic carbocycles. The van der Waals surface area contributed by atoms with Crippen molar-refractivity contribution in [2.24, 2.45) is 0 Å². The Kier molecular flexibility index (Phi) is 7.64. The van der Waals surface area contributed by atoms with E-state index in [4.69, 9.17) is 0 Å². The van der Waals surface area contributed by atoms with Gasteiger partial charge in [0.25, 0.3) is 11.8 Å². The molecule has 2 amide bonds. The number of carbonyl (C=O) groups excluding carboxylic acids is 2. The van der Waals surface area contributed by atoms with Crippen LogP contribution < -0.4 is 10.6 Å². The maximum Gasteiger partial charge on any atom is 0.251 e. The molecule has 1 heterocycles. The third kappa shape index (κ3) is 6.05. The maximum absolute atomic E-state index is 12.8. The summed E-state index contributed by atoms with van der Waals surface area (Å²) in [7, 11) is -3.60. The van der Waals surface area contributed by atoms with Crippen molar-refractivity contribution in [1.29, 1.82) is 0 Å². The molecule has 1 saturated heterocycles. The molecule has 3 N–H and O–H groups in total. The van der Waals surface area contributed by atoms with Gasteiger partial charge in [-0.2, -0.15) is 4.31 Å². The van der Waals surface area contributed by atoms with Crippen LogP contribution in [-0.2, 0) is 10.0 Å². The normalized spacial score (nSPS) is 14.7. The molecular weight excluding hydrogens is 418 g/mol. The van der Waals surface area contributed by atoms with Gasteiger partial charge in [0.15, 0.2) is 0 Å². The van der Waals surface area contributed by atoms with Gasteiger partial charge in [-0.1, -0.05) is 18.6 Å². The highest BCUT2D eigenvalue weighted by molar-refractivity contribution is 7.89. The molecule has 0 aliphatic carbocycles. The first-order valence-corrected chi connectivity index (χ1v) is 11.8. The lowest BCUT2D eigenvalue weighted by Crippen LogP contribution is -2.35. The van der Waals surface area contributed by atoms with Gasteiger partial charge < -0.3 is 15.7 Å². The van der Waals surface area contributed by atoms with Crippen molar-refractivity contribution >= 4 is 21.8 Å². The minimum atomic E-state index is -3.60. The molecule has 1 aliphatic rings. The van der Waals surface area contributed by atoms with Crippen molar-refractivity contribution in [1.82, 2.24) is 14.9 Å². The van der Waals surface area contributed by atoms with Gasteiger partial charge in [-0.3, -0.25) is 9.59 Å². The zero-order chi connectivity index (χ0) is 22.3. The number of hydrogen-bond donors (Lipinski definition) is 3. The summed E-state index contributed by atoms with van der Waals surface area (Å²) in [6.45, 7) is 1.68. The van der Waals surface area contributed by atoms with Crippen molar-refractivity contribution < 1.29 is 23.1 Å². The van der Waals surface area contributed by atoms with Crippen molar-refractivity contribution in [2.45, 2.75) is 30.6 Å². The standard InChI is InChI=1S/C22H27N3O5S/c26-19-9-4-7-17(15-19)21(27)23-11-6-12-24-22(28)18-8-5-10-20(16-18)31(29,30)25-13-2-1-3-14-25/h4-5,7-10,15-16,26H,1-3,6,11-14H2,(H,23,27)(H,24,28). The number of piperidine rings is 1. The van der Waals surface area contributed by atoms with Crippen LogP contribution in [0, 0.1) is 0 Å². The molecule has 166 valence electrons. The third-order valence-electron chi connectivity index (χ3n) is 5.08. The SMILES string of the molecule is O=C(NCCCNC(=O)c1cccc(S(=O)(=O)N2CCCCC2)c1)c1cccc(O)c1. The lowest BCUT2D eigenvalue weighted by molar-refractivity contribution is 0.0951. The predicted octanol–water partition coefficient (Wildman–Crippen LogP) is 2.12. The van der Waals surface area contributed by atoms with Gasteiger partial charge in [-0.15, -0.1) is 0 Å². The number of hydrogen-bond acceptors (Lipinski definition) is 5. The summed E-state index contributed by atoms with van der Waals surface area (Å²) >= 11 is 0. The zero-order valence-corrected chi connectivity index (χ0v) is 18.0. The Hall–Kier alpha value is -2.91. The molecule has 31 heavy (non-hydrogen) atoms. The van der Waals surface area contributed by atoms with E-state index in [1.54, 1.807) is 24.3 Å². The molecule has 0 spiro atoms. The Morgan fingerprint density at radius 2 is 1.45 bits per heavy atom. The van der Waals surface area contributed by atoms with E-state index in [0.29, 0.717) is 38.2 Å². The number of benzene rings is 2. The molecule has 0 radical (unpaired) electrons. The molecular formula is C22H27N3O5S. The molecule has 3 rings (SSSR count). The summed E-state index contributed by atoms with van der Waals surface area (Å²) in [5.41, 5.74) is 0.637. The van der Waals surface area contributed by atoms with Crippen LogP contribution >= 0.6 is 0 Å². The fourth-order valence-corrected chi connectivity index (χ4v) is 4.96. The number of phenols is 1. The Bertz CT molecular complexity index is 1030. The van der Waals surface area contributed by atoms with E-state index < -0.39 is 10.0 Å². The number of nitrogens with zero attached hydrogens (tertiary/aromatic N) is 1. The number of phenolic OH excluding ortho intramolecular Hbond substituents is 1. The Morgan fingerprint density at radius 3 is 2.06 bits per heavy atom. The molecule has 1 aliphatic heterocycles. The summed E-state index contributed by atoms with van der Waals surface area (Å²) in [6.07, 6.45) is 3.23. The smallest absolute Gasteiger partial charge is 0.251 e. The monoisotopic (exact) mass is 445 g/mol. The van der Waals surface area contributed by atoms with Crippen LogP contribution in [0.3, 0.4) is 0 Å². The Balaban J connectivity index is 1.48. The number of rotatable bonds is 8. The first kappa shape index (κ1) is 22.8. The minimum Gasteiger partial charge on any atom is -0.508 e. The van der Waals surface area contributed by atoms with Gasteiger partial charge in [0.1, 0.15) is 5.75 Å². The average molecular weight is 446 g/mol. The highest BCUT2D eigenvalue weighted by atomic mass is 32.2. The second-order valence-electron chi connectivity index (χ2n) is 7.41. The Morgan fingerprint density at radius 1 is 0.871 bits per heavy atom. The Labute approximate surface area is 182 Å². The van der Waals surface area contributed by atoms with Crippen LogP contribution in [0.15, 0.2) is 53.4 Å². The van der Waals surface area contributed by atoms with E-state index in [9.17, 15) is 23.1 Å². The number of amides is 2. The van der Waals surface area contributed by atoms with Crippen LogP contribution in [0.1, 0.15) is 46.4 Å². The quantitative estimate of drug-likeness (QED) is 0.538. The molecule has 1 fully saturated rings. The molecule has 8 nitrogen and oxygen atoms in total. The first-order chi connectivity index (χ1) is 14.9. The van der Waals surface area contributed by atoms with Crippen LogP contribution in [0.5, 0.6) is 5.75 Å². The fraction of sp³-hybridized carbons (Fsp3) is 0.364. The van der Waals surface area contributed by atoms with Crippen molar-refractivity contribution in [3.63, 3.8) is 0 Å². The number of nitrogens with one attached hydrogen (secondary N) is 2. The fourth-order valence-electron chi connectivity index (χ4n) is 3.40. The number of carbonyl (C=O) groups is 2. The number of sulfonamides is 1. The van der Waals surface area contributed by atoms with Gasteiger partial charge >= 0.3 is 0 Å². The highest BCUT2D eigenvalue weighted by Gasteiger charge is 2.26. The summed E-state index contributed by atoms with van der Waals surface area (Å²) in [5.74, 6) is -0.655. The molecule has 0 bridgehead atoms. The summed E-state index contributed by atoms with van der Waals surface area (Å²) < 4.78 is 27.1. The van der Waals surface area contributed by atoms with E-state index in [1.807, 2.05) is 0 Å². The molecule has 0 unspecified atom stereocenters. The number of aromatic hydroxyl groups is 1. The average Bonchev–Trinajstić information content (AvgIpc) is 2.79. The van der Waals surface area contributed by atoms with E-state index in [2.05, 4.69) is 10.6 Å². The van der Waals surface area contributed by atoms with E-state index in [0.717, 1.165) is 19.3 Å².